The largest absolute Gasteiger partial charge is 0.475 e. The van der Waals surface area contributed by atoms with E-state index >= 15 is 0 Å². The zero-order chi connectivity index (χ0) is 16.4. The Morgan fingerprint density at radius 2 is 1.91 bits per heavy atom. The summed E-state index contributed by atoms with van der Waals surface area (Å²) in [4.78, 5) is 19.0. The van der Waals surface area contributed by atoms with Crippen molar-refractivity contribution < 1.29 is 9.90 Å². The number of aromatic carboxylic acids is 1. The molecule has 2 aromatic rings. The third-order valence-corrected chi connectivity index (χ3v) is 4.01. The number of carbonyl (C=O) groups is 1. The maximum absolute atomic E-state index is 11.1. The van der Waals surface area contributed by atoms with Crippen LogP contribution in [0.4, 0.5) is 0 Å². The Balaban J connectivity index is 2.52. The fourth-order valence-electron chi connectivity index (χ4n) is 2.06. The Morgan fingerprint density at radius 1 is 1.23 bits per heavy atom. The van der Waals surface area contributed by atoms with Gasteiger partial charge in [0.25, 0.3) is 0 Å². The number of carboxylic acids is 1. The smallest absolute Gasteiger partial charge is 0.373 e. The van der Waals surface area contributed by atoms with Gasteiger partial charge in [-0.3, -0.25) is 0 Å². The number of rotatable bonds is 4. The van der Waals surface area contributed by atoms with Gasteiger partial charge in [-0.25, -0.2) is 14.8 Å². The number of halogens is 3. The normalized spacial score (nSPS) is 11.0. The van der Waals surface area contributed by atoms with Crippen LogP contribution >= 0.6 is 34.8 Å². The molecule has 1 heterocycles. The van der Waals surface area contributed by atoms with E-state index in [-0.39, 0.29) is 16.9 Å². The average Bonchev–Trinajstić information content (AvgIpc) is 2.42. The number of nitrogens with zero attached hydrogens (tertiary/aromatic N) is 2. The van der Waals surface area contributed by atoms with E-state index in [1.54, 1.807) is 18.2 Å². The molecule has 0 spiro atoms. The molecule has 0 amide bonds. The van der Waals surface area contributed by atoms with Crippen LogP contribution in [0.5, 0.6) is 0 Å². The molecule has 1 aromatic carbocycles. The van der Waals surface area contributed by atoms with Crippen molar-refractivity contribution in [2.24, 2.45) is 0 Å². The van der Waals surface area contributed by atoms with Crippen LogP contribution in [0.1, 0.15) is 47.2 Å². The first-order valence-corrected chi connectivity index (χ1v) is 7.66. The first-order chi connectivity index (χ1) is 10.3. The van der Waals surface area contributed by atoms with Crippen molar-refractivity contribution in [2.45, 2.75) is 26.2 Å². The lowest BCUT2D eigenvalue weighted by Crippen LogP contribution is -2.12. The molecule has 4 nitrogen and oxygen atoms in total. The predicted octanol–water partition coefficient (Wildman–Crippen LogP) is 4.85. The number of aromatic nitrogens is 2. The zero-order valence-corrected chi connectivity index (χ0v) is 14.2. The van der Waals surface area contributed by atoms with Crippen LogP contribution in [-0.4, -0.2) is 21.0 Å². The highest BCUT2D eigenvalue weighted by atomic mass is 35.5. The van der Waals surface area contributed by atoms with Crippen molar-refractivity contribution in [2.75, 3.05) is 0 Å². The minimum absolute atomic E-state index is 0.000300. The highest BCUT2D eigenvalue weighted by molar-refractivity contribution is 6.35. The fourth-order valence-corrected chi connectivity index (χ4v) is 2.78. The molecule has 0 saturated carbocycles. The van der Waals surface area contributed by atoms with Crippen molar-refractivity contribution in [3.63, 3.8) is 0 Å². The Morgan fingerprint density at radius 3 is 2.45 bits per heavy atom. The molecule has 0 atom stereocenters. The van der Waals surface area contributed by atoms with E-state index in [4.69, 9.17) is 39.9 Å². The first kappa shape index (κ1) is 17.0. The van der Waals surface area contributed by atoms with Gasteiger partial charge in [-0.15, -0.1) is 0 Å². The predicted molar refractivity (Wildman–Crippen MR) is 87.4 cm³/mol. The van der Waals surface area contributed by atoms with E-state index in [9.17, 15) is 4.79 Å². The molecule has 2 rings (SSSR count). The highest BCUT2D eigenvalue weighted by Gasteiger charge is 2.19. The van der Waals surface area contributed by atoms with E-state index in [0.29, 0.717) is 27.7 Å². The Labute approximate surface area is 143 Å². The van der Waals surface area contributed by atoms with Crippen LogP contribution in [0.25, 0.3) is 0 Å². The second-order valence-corrected chi connectivity index (χ2v) is 6.28. The summed E-state index contributed by atoms with van der Waals surface area (Å²) in [6.07, 6.45) is 0.405. The molecule has 1 N–H and O–H groups in total. The molecule has 0 saturated heterocycles. The summed E-state index contributed by atoms with van der Waals surface area (Å²) in [5.41, 5.74) is 2.09. The van der Waals surface area contributed by atoms with Gasteiger partial charge in [0.05, 0.1) is 5.69 Å². The lowest BCUT2D eigenvalue weighted by Gasteiger charge is -2.14. The molecule has 0 fully saturated rings. The van der Waals surface area contributed by atoms with E-state index in [1.807, 2.05) is 13.8 Å². The summed E-state index contributed by atoms with van der Waals surface area (Å²) in [6.45, 7) is 3.83. The fraction of sp³-hybridized carbons (Fsp3) is 0.267. The number of benzene rings is 1. The van der Waals surface area contributed by atoms with Crippen LogP contribution in [0.2, 0.25) is 15.2 Å². The summed E-state index contributed by atoms with van der Waals surface area (Å²) >= 11 is 18.2. The maximum atomic E-state index is 11.1. The molecule has 0 aliphatic carbocycles. The third kappa shape index (κ3) is 3.69. The monoisotopic (exact) mass is 358 g/mol. The molecule has 0 aliphatic rings. The van der Waals surface area contributed by atoms with Crippen LogP contribution in [0, 0.1) is 0 Å². The van der Waals surface area contributed by atoms with E-state index in [1.165, 1.54) is 0 Å². The number of carboxylic acid groups (broad SMARTS) is 1. The Kier molecular flexibility index (Phi) is 5.27. The molecule has 0 bridgehead atoms. The Bertz CT molecular complexity index is 733. The van der Waals surface area contributed by atoms with Gasteiger partial charge in [0.15, 0.2) is 0 Å². The molecule has 116 valence electrons. The van der Waals surface area contributed by atoms with Crippen LogP contribution in [0.3, 0.4) is 0 Å². The molecular weight excluding hydrogens is 347 g/mol. The minimum Gasteiger partial charge on any atom is -0.475 e. The lowest BCUT2D eigenvalue weighted by molar-refractivity contribution is 0.0683. The van der Waals surface area contributed by atoms with Crippen LogP contribution < -0.4 is 0 Å². The van der Waals surface area contributed by atoms with E-state index in [0.717, 1.165) is 5.56 Å². The molecular formula is C15H13Cl3N2O2. The quantitative estimate of drug-likeness (QED) is 0.793. The van der Waals surface area contributed by atoms with Crippen LogP contribution in [0.15, 0.2) is 18.2 Å². The van der Waals surface area contributed by atoms with Gasteiger partial charge >= 0.3 is 5.97 Å². The molecule has 1 aromatic heterocycles. The van der Waals surface area contributed by atoms with Crippen molar-refractivity contribution >= 4 is 40.8 Å². The summed E-state index contributed by atoms with van der Waals surface area (Å²) in [5.74, 6) is -1.51. The summed E-state index contributed by atoms with van der Waals surface area (Å²) in [5, 5.41) is 10.2. The van der Waals surface area contributed by atoms with Crippen molar-refractivity contribution in [3.8, 4) is 0 Å². The molecule has 0 aliphatic heterocycles. The average molecular weight is 360 g/mol. The van der Waals surface area contributed by atoms with Gasteiger partial charge in [0, 0.05) is 22.0 Å². The van der Waals surface area contributed by atoms with Gasteiger partial charge in [0.1, 0.15) is 5.15 Å². The van der Waals surface area contributed by atoms with Crippen LogP contribution in [-0.2, 0) is 6.42 Å². The topological polar surface area (TPSA) is 63.1 Å². The first-order valence-electron chi connectivity index (χ1n) is 6.53. The van der Waals surface area contributed by atoms with Crippen molar-refractivity contribution in [1.82, 2.24) is 9.97 Å². The van der Waals surface area contributed by atoms with Gasteiger partial charge < -0.3 is 5.11 Å². The molecule has 0 unspecified atom stereocenters. The van der Waals surface area contributed by atoms with Crippen molar-refractivity contribution in [3.05, 3.63) is 56.0 Å². The second-order valence-electron chi connectivity index (χ2n) is 5.07. The maximum Gasteiger partial charge on any atom is 0.373 e. The van der Waals surface area contributed by atoms with E-state index in [2.05, 4.69) is 9.97 Å². The molecule has 22 heavy (non-hydrogen) atoms. The van der Waals surface area contributed by atoms with Gasteiger partial charge in [-0.05, 0) is 23.6 Å². The number of hydrogen-bond acceptors (Lipinski definition) is 3. The summed E-state index contributed by atoms with van der Waals surface area (Å²) in [6, 6.07) is 5.18. The SMILES string of the molecule is CC(C)c1nc(C(=O)O)nc(Cl)c1Cc1ccc(Cl)cc1Cl. The second kappa shape index (κ2) is 6.82. The van der Waals surface area contributed by atoms with Crippen molar-refractivity contribution in [1.29, 1.82) is 0 Å². The third-order valence-electron chi connectivity index (χ3n) is 3.11. The zero-order valence-electron chi connectivity index (χ0n) is 11.9. The lowest BCUT2D eigenvalue weighted by atomic mass is 9.99. The standard InChI is InChI=1S/C15H13Cl3N2O2/c1-7(2)12-10(13(18)20-14(19-12)15(21)22)5-8-3-4-9(16)6-11(8)17/h3-4,6-7H,5H2,1-2H3,(H,21,22). The summed E-state index contributed by atoms with van der Waals surface area (Å²) in [7, 11) is 0. The van der Waals surface area contributed by atoms with Gasteiger partial charge in [-0.2, -0.15) is 0 Å². The highest BCUT2D eigenvalue weighted by Crippen LogP contribution is 2.29. The molecule has 0 radical (unpaired) electrons. The van der Waals surface area contributed by atoms with Gasteiger partial charge in [-0.1, -0.05) is 54.7 Å². The van der Waals surface area contributed by atoms with Gasteiger partial charge in [0.2, 0.25) is 5.82 Å². The van der Waals surface area contributed by atoms with E-state index < -0.39 is 5.97 Å². The Hall–Kier alpha value is -1.36. The minimum atomic E-state index is -1.21. The summed E-state index contributed by atoms with van der Waals surface area (Å²) < 4.78 is 0. The molecule has 7 heteroatoms. The number of hydrogen-bond donors (Lipinski definition) is 1.